The molecule has 1 aliphatic rings. The number of carbonyl (C=O) groups is 2. The number of benzene rings is 3. The highest BCUT2D eigenvalue weighted by atomic mass is 31.1. The highest BCUT2D eigenvalue weighted by Gasteiger charge is 2.42. The minimum atomic E-state index is -2.67. The average molecular weight is 518 g/mol. The molecular weight excluding hydrogens is 479 g/mol. The van der Waals surface area contributed by atoms with Crippen molar-refractivity contribution in [3.63, 3.8) is 0 Å². The van der Waals surface area contributed by atoms with Gasteiger partial charge in [0, 0.05) is 0 Å². The quantitative estimate of drug-likeness (QED) is 0.346. The predicted octanol–water partition coefficient (Wildman–Crippen LogP) is 8.18. The first kappa shape index (κ1) is 28.6. The lowest BCUT2D eigenvalue weighted by molar-refractivity contribution is -0.000629. The van der Waals surface area contributed by atoms with Crippen molar-refractivity contribution in [3.05, 3.63) is 105 Å². The molecule has 1 saturated carbocycles. The van der Waals surface area contributed by atoms with Crippen LogP contribution in [-0.2, 0) is 10.2 Å². The minimum absolute atomic E-state index is 0.400. The Balaban J connectivity index is 0.000000244. The SMILES string of the molecule is Cc1cc(C)c(C(=O)[P+](=O)C(=O)c2c(C)cc(C)cc2C)c(C)c1.OC1(c2ccccc2)CCCCC1. The third kappa shape index (κ3) is 6.69. The van der Waals surface area contributed by atoms with Gasteiger partial charge in [0.05, 0.1) is 16.7 Å². The Morgan fingerprint density at radius 1 is 0.676 bits per heavy atom. The molecule has 0 atom stereocenters. The summed E-state index contributed by atoms with van der Waals surface area (Å²) < 4.78 is 12.7. The van der Waals surface area contributed by atoms with Gasteiger partial charge in [-0.05, 0) is 82.2 Å². The van der Waals surface area contributed by atoms with Gasteiger partial charge in [-0.25, -0.2) is 9.59 Å². The number of hydrogen-bond acceptors (Lipinski definition) is 4. The van der Waals surface area contributed by atoms with E-state index in [1.807, 2.05) is 96.1 Å². The molecule has 1 aliphatic carbocycles. The second-order valence-corrected chi connectivity index (χ2v) is 11.8. The summed E-state index contributed by atoms with van der Waals surface area (Å²) in [4.78, 5) is 25.4. The summed E-state index contributed by atoms with van der Waals surface area (Å²) in [5, 5.41) is 10.3. The number of aryl methyl sites for hydroxylation is 6. The normalized spacial score (nSPS) is 14.4. The first-order valence-electron chi connectivity index (χ1n) is 12.9. The van der Waals surface area contributed by atoms with Gasteiger partial charge in [-0.1, -0.05) is 89.6 Å². The van der Waals surface area contributed by atoms with E-state index in [9.17, 15) is 19.3 Å². The summed E-state index contributed by atoms with van der Waals surface area (Å²) in [5.41, 5.74) is 5.30. The third-order valence-corrected chi connectivity index (χ3v) is 8.33. The van der Waals surface area contributed by atoms with Crippen molar-refractivity contribution in [2.45, 2.75) is 79.2 Å². The molecule has 3 aromatic carbocycles. The zero-order valence-corrected chi connectivity index (χ0v) is 23.7. The van der Waals surface area contributed by atoms with Gasteiger partial charge in [0.1, 0.15) is 0 Å². The van der Waals surface area contributed by atoms with Crippen molar-refractivity contribution in [2.24, 2.45) is 0 Å². The van der Waals surface area contributed by atoms with Crippen LogP contribution >= 0.6 is 7.80 Å². The number of hydrogen-bond donors (Lipinski definition) is 1. The molecule has 3 aromatic rings. The van der Waals surface area contributed by atoms with Gasteiger partial charge in [-0.2, -0.15) is 0 Å². The summed E-state index contributed by atoms with van der Waals surface area (Å²) in [5.74, 6) is 0. The summed E-state index contributed by atoms with van der Waals surface area (Å²) in [6, 6.07) is 17.6. The molecule has 5 heteroatoms. The molecule has 0 spiro atoms. The van der Waals surface area contributed by atoms with Crippen LogP contribution in [0, 0.1) is 41.5 Å². The highest BCUT2D eigenvalue weighted by molar-refractivity contribution is 7.80. The van der Waals surface area contributed by atoms with Crippen LogP contribution in [0.3, 0.4) is 0 Å². The molecule has 4 rings (SSSR count). The van der Waals surface area contributed by atoms with E-state index in [1.165, 1.54) is 6.42 Å². The Hall–Kier alpha value is -2.94. The molecule has 0 amide bonds. The Morgan fingerprint density at radius 2 is 1.05 bits per heavy atom. The maximum Gasteiger partial charge on any atom is 0.501 e. The van der Waals surface area contributed by atoms with Gasteiger partial charge in [0.2, 0.25) is 0 Å². The monoisotopic (exact) mass is 517 g/mol. The van der Waals surface area contributed by atoms with Crippen molar-refractivity contribution in [1.29, 1.82) is 0 Å². The van der Waals surface area contributed by atoms with Gasteiger partial charge < -0.3 is 5.11 Å². The molecule has 0 saturated heterocycles. The lowest BCUT2D eigenvalue weighted by atomic mass is 9.80. The molecule has 1 N–H and O–H groups in total. The van der Waals surface area contributed by atoms with E-state index < -0.39 is 24.5 Å². The van der Waals surface area contributed by atoms with Gasteiger partial charge in [0.25, 0.3) is 0 Å². The first-order valence-corrected chi connectivity index (χ1v) is 14.2. The fourth-order valence-corrected chi connectivity index (χ4v) is 6.80. The van der Waals surface area contributed by atoms with Gasteiger partial charge in [-0.15, -0.1) is 0 Å². The minimum Gasteiger partial charge on any atom is -0.385 e. The van der Waals surface area contributed by atoms with Crippen molar-refractivity contribution in [1.82, 2.24) is 0 Å². The number of rotatable bonds is 5. The van der Waals surface area contributed by atoms with Gasteiger partial charge in [-0.3, -0.25) is 0 Å². The molecule has 0 aliphatic heterocycles. The average Bonchev–Trinajstić information content (AvgIpc) is 2.83. The molecule has 0 unspecified atom stereocenters. The van der Waals surface area contributed by atoms with Gasteiger partial charge >= 0.3 is 18.8 Å². The summed E-state index contributed by atoms with van der Waals surface area (Å²) in [7, 11) is -2.67. The maximum atomic E-state index is 12.7. The zero-order chi connectivity index (χ0) is 27.3. The van der Waals surface area contributed by atoms with E-state index in [-0.39, 0.29) is 0 Å². The zero-order valence-electron chi connectivity index (χ0n) is 22.9. The van der Waals surface area contributed by atoms with E-state index >= 15 is 0 Å². The molecule has 0 heterocycles. The summed E-state index contributed by atoms with van der Waals surface area (Å²) >= 11 is 0. The standard InChI is InChI=1S/C20H22O3P.C12H16O/c1-11-7-13(3)17(14(4)8-11)19(21)24(23)20(22)18-15(5)9-12(2)10-16(18)6;13-12(9-5-2-6-10-12)11-7-3-1-4-8-11/h7-10H,1-6H3;1,3-4,7-8,13H,2,5-6,9-10H2/q+1;. The second-order valence-electron chi connectivity index (χ2n) is 10.4. The Labute approximate surface area is 221 Å². The Bertz CT molecular complexity index is 1200. The molecule has 0 bridgehead atoms. The van der Waals surface area contributed by atoms with E-state index in [1.54, 1.807) is 0 Å². The van der Waals surface area contributed by atoms with Crippen molar-refractivity contribution in [2.75, 3.05) is 0 Å². The van der Waals surface area contributed by atoms with Crippen molar-refractivity contribution >= 4 is 18.8 Å². The summed E-state index contributed by atoms with van der Waals surface area (Å²) in [6.45, 7) is 11.1. The molecule has 4 nitrogen and oxygen atoms in total. The van der Waals surface area contributed by atoms with Crippen LogP contribution in [0.5, 0.6) is 0 Å². The van der Waals surface area contributed by atoms with E-state index in [0.29, 0.717) is 11.1 Å². The molecule has 194 valence electrons. The third-order valence-electron chi connectivity index (χ3n) is 7.14. The molecular formula is C32H38O4P+. The molecule has 0 aromatic heterocycles. The second kappa shape index (κ2) is 12.1. The Kier molecular flexibility index (Phi) is 9.34. The smallest absolute Gasteiger partial charge is 0.385 e. The largest absolute Gasteiger partial charge is 0.501 e. The Morgan fingerprint density at radius 3 is 1.43 bits per heavy atom. The lowest BCUT2D eigenvalue weighted by Crippen LogP contribution is -2.28. The number of carbonyl (C=O) groups excluding carboxylic acids is 2. The van der Waals surface area contributed by atoms with Crippen molar-refractivity contribution < 1.29 is 19.3 Å². The van der Waals surface area contributed by atoms with E-state index in [4.69, 9.17) is 0 Å². The fourth-order valence-electron chi connectivity index (χ4n) is 5.50. The van der Waals surface area contributed by atoms with Gasteiger partial charge in [0.15, 0.2) is 0 Å². The maximum absolute atomic E-state index is 12.7. The van der Waals surface area contributed by atoms with Crippen LogP contribution in [-0.4, -0.2) is 16.2 Å². The molecule has 37 heavy (non-hydrogen) atoms. The van der Waals surface area contributed by atoms with Crippen LogP contribution in [0.25, 0.3) is 0 Å². The van der Waals surface area contributed by atoms with Crippen LogP contribution in [0.1, 0.15) is 91.8 Å². The molecule has 0 radical (unpaired) electrons. The first-order chi connectivity index (χ1) is 17.4. The lowest BCUT2D eigenvalue weighted by Gasteiger charge is -2.32. The van der Waals surface area contributed by atoms with Crippen LogP contribution in [0.4, 0.5) is 0 Å². The van der Waals surface area contributed by atoms with Crippen LogP contribution in [0.15, 0.2) is 54.6 Å². The van der Waals surface area contributed by atoms with Crippen molar-refractivity contribution in [3.8, 4) is 0 Å². The topological polar surface area (TPSA) is 71.4 Å². The molecule has 1 fully saturated rings. The van der Waals surface area contributed by atoms with Crippen LogP contribution in [0.2, 0.25) is 0 Å². The predicted molar refractivity (Wildman–Crippen MR) is 151 cm³/mol. The van der Waals surface area contributed by atoms with E-state index in [2.05, 4.69) is 0 Å². The summed E-state index contributed by atoms with van der Waals surface area (Å²) in [6.07, 6.45) is 5.44. The highest BCUT2D eigenvalue weighted by Crippen LogP contribution is 2.37. The van der Waals surface area contributed by atoms with E-state index in [0.717, 1.165) is 64.6 Å². The number of aliphatic hydroxyl groups is 1. The fraction of sp³-hybridized carbons (Fsp3) is 0.375. The van der Waals surface area contributed by atoms with Crippen LogP contribution < -0.4 is 0 Å².